The van der Waals surface area contributed by atoms with E-state index < -0.39 is 5.54 Å². The predicted molar refractivity (Wildman–Crippen MR) is 78.7 cm³/mol. The number of piperazine rings is 1. The average Bonchev–Trinajstić information content (AvgIpc) is 3.19. The van der Waals surface area contributed by atoms with Crippen molar-refractivity contribution in [2.45, 2.75) is 62.9 Å². The lowest BCUT2D eigenvalue weighted by Crippen LogP contribution is -2.70. The second kappa shape index (κ2) is 5.95. The minimum absolute atomic E-state index is 0.0886. The van der Waals surface area contributed by atoms with Gasteiger partial charge < -0.3 is 15.0 Å². The molecule has 0 bridgehead atoms. The highest BCUT2D eigenvalue weighted by Gasteiger charge is 2.55. The van der Waals surface area contributed by atoms with E-state index in [1.165, 1.54) is 0 Å². The maximum absolute atomic E-state index is 13.0. The molecule has 0 aromatic rings. The van der Waals surface area contributed by atoms with Crippen LogP contribution < -0.4 is 5.32 Å². The van der Waals surface area contributed by atoms with E-state index in [-0.39, 0.29) is 17.9 Å². The van der Waals surface area contributed by atoms with Gasteiger partial charge >= 0.3 is 0 Å². The number of methoxy groups -OCH3 is 1. The highest BCUT2D eigenvalue weighted by molar-refractivity contribution is 6.00. The highest BCUT2D eigenvalue weighted by Crippen LogP contribution is 2.41. The van der Waals surface area contributed by atoms with Crippen LogP contribution in [0.1, 0.15) is 51.4 Å². The van der Waals surface area contributed by atoms with Crippen molar-refractivity contribution in [3.05, 3.63) is 0 Å². The topological polar surface area (TPSA) is 58.6 Å². The zero-order valence-corrected chi connectivity index (χ0v) is 12.9. The third-order valence-corrected chi connectivity index (χ3v) is 5.16. The molecule has 1 N–H and O–H groups in total. The molecule has 5 nitrogen and oxygen atoms in total. The second-order valence-electron chi connectivity index (χ2n) is 6.76. The maximum Gasteiger partial charge on any atom is 0.249 e. The van der Waals surface area contributed by atoms with Crippen molar-refractivity contribution in [1.29, 1.82) is 0 Å². The molecule has 3 fully saturated rings. The normalized spacial score (nSPS) is 28.2. The van der Waals surface area contributed by atoms with Gasteiger partial charge in [-0.05, 0) is 44.4 Å². The van der Waals surface area contributed by atoms with E-state index in [9.17, 15) is 9.59 Å². The van der Waals surface area contributed by atoms with Crippen molar-refractivity contribution in [3.8, 4) is 0 Å². The number of carbonyl (C=O) groups excluding carboxylic acids is 2. The van der Waals surface area contributed by atoms with Gasteiger partial charge in [-0.2, -0.15) is 0 Å². The molecular weight excluding hydrogens is 268 g/mol. The molecule has 5 heteroatoms. The Kier molecular flexibility index (Phi) is 4.20. The van der Waals surface area contributed by atoms with Gasteiger partial charge in [-0.25, -0.2) is 0 Å². The van der Waals surface area contributed by atoms with E-state index >= 15 is 0 Å². The highest BCUT2D eigenvalue weighted by atomic mass is 16.5. The molecule has 2 saturated carbocycles. The molecule has 0 aromatic heterocycles. The van der Waals surface area contributed by atoms with Gasteiger partial charge in [-0.1, -0.05) is 12.8 Å². The van der Waals surface area contributed by atoms with Gasteiger partial charge in [-0.15, -0.1) is 0 Å². The number of unbranched alkanes of at least 4 members (excludes halogenated alkanes) is 1. The molecule has 3 aliphatic rings. The zero-order chi connectivity index (χ0) is 14.9. The summed E-state index contributed by atoms with van der Waals surface area (Å²) in [5.74, 6) is 0.648. The molecule has 1 aliphatic heterocycles. The van der Waals surface area contributed by atoms with E-state index in [1.807, 2.05) is 4.90 Å². The average molecular weight is 294 g/mol. The van der Waals surface area contributed by atoms with Crippen molar-refractivity contribution >= 4 is 11.8 Å². The molecule has 0 radical (unpaired) electrons. The van der Waals surface area contributed by atoms with Gasteiger partial charge in [0.15, 0.2) is 0 Å². The van der Waals surface area contributed by atoms with Crippen LogP contribution in [-0.2, 0) is 14.3 Å². The summed E-state index contributed by atoms with van der Waals surface area (Å²) in [4.78, 5) is 27.4. The van der Waals surface area contributed by atoms with Crippen LogP contribution in [0.2, 0.25) is 0 Å². The third-order valence-electron chi connectivity index (χ3n) is 5.16. The Morgan fingerprint density at radius 1 is 1.24 bits per heavy atom. The van der Waals surface area contributed by atoms with E-state index in [2.05, 4.69) is 5.32 Å². The molecule has 3 rings (SSSR count). The van der Waals surface area contributed by atoms with E-state index in [0.717, 1.165) is 51.4 Å². The summed E-state index contributed by atoms with van der Waals surface area (Å²) < 4.78 is 5.08. The van der Waals surface area contributed by atoms with Crippen LogP contribution in [0.4, 0.5) is 0 Å². The summed E-state index contributed by atoms with van der Waals surface area (Å²) in [5.41, 5.74) is -0.580. The molecule has 1 saturated heterocycles. The van der Waals surface area contributed by atoms with Crippen LogP contribution >= 0.6 is 0 Å². The van der Waals surface area contributed by atoms with E-state index in [4.69, 9.17) is 4.74 Å². The van der Waals surface area contributed by atoms with Gasteiger partial charge in [0.25, 0.3) is 0 Å². The van der Waals surface area contributed by atoms with Gasteiger partial charge in [-0.3, -0.25) is 9.59 Å². The predicted octanol–water partition coefficient (Wildman–Crippen LogP) is 1.46. The quantitative estimate of drug-likeness (QED) is 0.755. The first-order chi connectivity index (χ1) is 10.2. The van der Waals surface area contributed by atoms with Crippen LogP contribution in [-0.4, -0.2) is 48.6 Å². The minimum atomic E-state index is -0.580. The fourth-order valence-corrected chi connectivity index (χ4v) is 3.87. The van der Waals surface area contributed by atoms with Gasteiger partial charge in [0.1, 0.15) is 11.6 Å². The van der Waals surface area contributed by atoms with Crippen molar-refractivity contribution in [3.63, 3.8) is 0 Å². The zero-order valence-electron chi connectivity index (χ0n) is 12.9. The monoisotopic (exact) mass is 294 g/mol. The first-order valence-electron chi connectivity index (χ1n) is 8.30. The Labute approximate surface area is 126 Å². The molecule has 1 unspecified atom stereocenters. The number of nitrogens with one attached hydrogen (secondary N) is 1. The molecular formula is C16H26N2O3. The van der Waals surface area contributed by atoms with Crippen molar-refractivity contribution in [2.75, 3.05) is 20.3 Å². The first-order valence-corrected chi connectivity index (χ1v) is 8.30. The SMILES string of the molecule is COCCCCN1C(=O)C2(CCCC2)NC(=O)C1C1CC1. The van der Waals surface area contributed by atoms with Gasteiger partial charge in [0.2, 0.25) is 11.8 Å². The maximum atomic E-state index is 13.0. The van der Waals surface area contributed by atoms with Gasteiger partial charge in [0, 0.05) is 20.3 Å². The number of carbonyl (C=O) groups is 2. The number of amides is 2. The van der Waals surface area contributed by atoms with Crippen LogP contribution in [0.3, 0.4) is 0 Å². The molecule has 1 atom stereocenters. The van der Waals surface area contributed by atoms with Crippen LogP contribution in [0.25, 0.3) is 0 Å². The largest absolute Gasteiger partial charge is 0.385 e. The number of rotatable bonds is 6. The summed E-state index contributed by atoms with van der Waals surface area (Å²) in [6.07, 6.45) is 7.70. The van der Waals surface area contributed by atoms with Crippen molar-refractivity contribution < 1.29 is 14.3 Å². The third kappa shape index (κ3) is 2.80. The molecule has 0 aromatic carbocycles. The van der Waals surface area contributed by atoms with Crippen molar-refractivity contribution in [1.82, 2.24) is 10.2 Å². The summed E-state index contributed by atoms with van der Waals surface area (Å²) in [6.45, 7) is 1.41. The Hall–Kier alpha value is -1.10. The molecule has 118 valence electrons. The molecule has 21 heavy (non-hydrogen) atoms. The summed E-state index contributed by atoms with van der Waals surface area (Å²) in [7, 11) is 1.69. The summed E-state index contributed by atoms with van der Waals surface area (Å²) >= 11 is 0. The molecule has 2 amide bonds. The lowest BCUT2D eigenvalue weighted by atomic mass is 9.89. The lowest BCUT2D eigenvalue weighted by Gasteiger charge is -2.44. The van der Waals surface area contributed by atoms with Gasteiger partial charge in [0.05, 0.1) is 0 Å². The standard InChI is InChI=1S/C16H26N2O3/c1-21-11-5-4-10-18-13(12-6-7-12)14(19)17-16(15(18)20)8-2-3-9-16/h12-13H,2-11H2,1H3,(H,17,19). The van der Waals surface area contributed by atoms with Crippen LogP contribution in [0.5, 0.6) is 0 Å². The van der Waals surface area contributed by atoms with Crippen molar-refractivity contribution in [2.24, 2.45) is 5.92 Å². The molecule has 2 aliphatic carbocycles. The van der Waals surface area contributed by atoms with Crippen LogP contribution in [0, 0.1) is 5.92 Å². The summed E-state index contributed by atoms with van der Waals surface area (Å²) in [6, 6.07) is -0.216. The Morgan fingerprint density at radius 2 is 1.95 bits per heavy atom. The fraction of sp³-hybridized carbons (Fsp3) is 0.875. The minimum Gasteiger partial charge on any atom is -0.385 e. The Morgan fingerprint density at radius 3 is 2.57 bits per heavy atom. The lowest BCUT2D eigenvalue weighted by molar-refractivity contribution is -0.155. The fourth-order valence-electron chi connectivity index (χ4n) is 3.87. The number of nitrogens with zero attached hydrogens (tertiary/aromatic N) is 1. The summed E-state index contributed by atoms with van der Waals surface area (Å²) in [5, 5.41) is 3.09. The Balaban J connectivity index is 1.73. The smallest absolute Gasteiger partial charge is 0.249 e. The molecule has 1 spiro atoms. The molecule has 1 heterocycles. The van der Waals surface area contributed by atoms with E-state index in [1.54, 1.807) is 7.11 Å². The number of ether oxygens (including phenoxy) is 1. The Bertz CT molecular complexity index is 414. The van der Waals surface area contributed by atoms with Crippen LogP contribution in [0.15, 0.2) is 0 Å². The number of hydrogen-bond donors (Lipinski definition) is 1. The van der Waals surface area contributed by atoms with E-state index in [0.29, 0.717) is 19.1 Å². The second-order valence-corrected chi connectivity index (χ2v) is 6.76. The first kappa shape index (κ1) is 14.8. The number of hydrogen-bond acceptors (Lipinski definition) is 3.